The van der Waals surface area contributed by atoms with E-state index >= 15 is 0 Å². The van der Waals surface area contributed by atoms with Crippen LogP contribution in [0.2, 0.25) is 0 Å². The summed E-state index contributed by atoms with van der Waals surface area (Å²) in [5, 5.41) is 2.96. The van der Waals surface area contributed by atoms with E-state index < -0.39 is 0 Å². The molecule has 0 aromatic rings. The largest absolute Gasteiger partial charge is 0.494 e. The van der Waals surface area contributed by atoms with Crippen LogP contribution >= 0.6 is 0 Å². The third-order valence-corrected chi connectivity index (χ3v) is 12.1. The standard InChI is InChI=1S/C35H55NO4/c1-7-8-9-10-32(38)39-26-15-17-34(5)25(19-26)12-13-27-28(34)16-18-35(6)29(27)20-31-33(35)23(3)30(40-31)14-11-22(2)21-36-24(4)37/h12,22,26-29,31,33H,7-11,13-21H2,1-6H3,(H,36,37)/t22-,26-,27-,28-,29-,31-,33+,34+,35+/m1/s1. The molecular formula is C35H55NO4. The predicted octanol–water partition coefficient (Wildman–Crippen LogP) is 7.89. The quantitative estimate of drug-likeness (QED) is 0.170. The average Bonchev–Trinajstić information content (AvgIpc) is 3.39. The minimum atomic E-state index is 0.00671. The Hall–Kier alpha value is -1.78. The molecule has 5 heteroatoms. The third kappa shape index (κ3) is 5.52. The van der Waals surface area contributed by atoms with Gasteiger partial charge in [0.05, 0.1) is 5.76 Å². The molecule has 5 nitrogen and oxygen atoms in total. The van der Waals surface area contributed by atoms with E-state index in [1.165, 1.54) is 37.0 Å². The van der Waals surface area contributed by atoms with Crippen molar-refractivity contribution in [3.8, 4) is 0 Å². The molecule has 9 atom stereocenters. The molecule has 1 aliphatic heterocycles. The first kappa shape index (κ1) is 29.7. The number of carbonyl (C=O) groups excluding carboxylic acids is 2. The number of unbranched alkanes of at least 4 members (excludes halogenated alkanes) is 2. The summed E-state index contributed by atoms with van der Waals surface area (Å²) >= 11 is 0. The normalized spacial score (nSPS) is 38.8. The van der Waals surface area contributed by atoms with Gasteiger partial charge >= 0.3 is 5.97 Å². The molecule has 1 heterocycles. The maximum absolute atomic E-state index is 12.4. The Bertz CT molecular complexity index is 1030. The topological polar surface area (TPSA) is 64.6 Å². The zero-order valence-electron chi connectivity index (χ0n) is 26.2. The fourth-order valence-electron chi connectivity index (χ4n) is 9.87. The van der Waals surface area contributed by atoms with Crippen LogP contribution in [-0.4, -0.2) is 30.6 Å². The van der Waals surface area contributed by atoms with Crippen LogP contribution in [0.1, 0.15) is 125 Å². The lowest BCUT2D eigenvalue weighted by Crippen LogP contribution is -2.50. The van der Waals surface area contributed by atoms with Gasteiger partial charge in [-0.1, -0.05) is 52.2 Å². The van der Waals surface area contributed by atoms with E-state index in [1.54, 1.807) is 12.5 Å². The number of carbonyl (C=O) groups is 2. The first-order valence-electron chi connectivity index (χ1n) is 16.6. The smallest absolute Gasteiger partial charge is 0.306 e. The Balaban J connectivity index is 1.23. The fourth-order valence-corrected chi connectivity index (χ4v) is 9.87. The zero-order valence-corrected chi connectivity index (χ0v) is 26.2. The van der Waals surface area contributed by atoms with Crippen molar-refractivity contribution in [2.75, 3.05) is 6.54 Å². The van der Waals surface area contributed by atoms with Crippen molar-refractivity contribution in [2.45, 2.75) is 137 Å². The summed E-state index contributed by atoms with van der Waals surface area (Å²) in [6.07, 6.45) is 16.9. The molecule has 0 saturated heterocycles. The summed E-state index contributed by atoms with van der Waals surface area (Å²) < 4.78 is 12.7. The van der Waals surface area contributed by atoms with Gasteiger partial charge in [0.2, 0.25) is 5.91 Å². The highest BCUT2D eigenvalue weighted by atomic mass is 16.5. The number of amides is 1. The number of allylic oxidation sites excluding steroid dienone is 2. The highest BCUT2D eigenvalue weighted by Crippen LogP contribution is 2.69. The zero-order chi connectivity index (χ0) is 28.7. The minimum absolute atomic E-state index is 0.00671. The number of esters is 1. The molecule has 0 aromatic heterocycles. The number of nitrogens with one attached hydrogen (secondary N) is 1. The predicted molar refractivity (Wildman–Crippen MR) is 159 cm³/mol. The van der Waals surface area contributed by atoms with Gasteiger partial charge in [0.1, 0.15) is 12.2 Å². The average molecular weight is 554 g/mol. The van der Waals surface area contributed by atoms with Gasteiger partial charge in [-0.25, -0.2) is 0 Å². The molecule has 5 rings (SSSR count). The molecule has 0 aromatic carbocycles. The van der Waals surface area contributed by atoms with Crippen molar-refractivity contribution in [3.63, 3.8) is 0 Å². The van der Waals surface area contributed by atoms with Crippen molar-refractivity contribution >= 4 is 11.9 Å². The van der Waals surface area contributed by atoms with Crippen LogP contribution in [0.5, 0.6) is 0 Å². The summed E-state index contributed by atoms with van der Waals surface area (Å²) in [5.41, 5.74) is 3.68. The van der Waals surface area contributed by atoms with Gasteiger partial charge in [-0.2, -0.15) is 0 Å². The van der Waals surface area contributed by atoms with Crippen LogP contribution in [0.15, 0.2) is 23.0 Å². The monoisotopic (exact) mass is 553 g/mol. The molecule has 1 amide bonds. The maximum atomic E-state index is 12.4. The minimum Gasteiger partial charge on any atom is -0.494 e. The molecule has 224 valence electrons. The SMILES string of the molecule is CCCCCC(=O)O[C@@H]1CC[C@@]2(C)C(=CC[C@H]3[C@H]4C[C@H]5OC(CC[C@@H](C)CNC(C)=O)=C(C)[C@@H]5[C@@]4(C)CC[C@H]32)C1. The van der Waals surface area contributed by atoms with Crippen molar-refractivity contribution in [3.05, 3.63) is 23.0 Å². The second-order valence-corrected chi connectivity index (χ2v) is 14.7. The lowest BCUT2D eigenvalue weighted by Gasteiger charge is -2.58. The van der Waals surface area contributed by atoms with Gasteiger partial charge in [0.25, 0.3) is 0 Å². The van der Waals surface area contributed by atoms with Crippen molar-refractivity contribution in [1.29, 1.82) is 0 Å². The van der Waals surface area contributed by atoms with E-state index in [4.69, 9.17) is 9.47 Å². The molecule has 40 heavy (non-hydrogen) atoms. The number of fused-ring (bicyclic) bond motifs is 7. The van der Waals surface area contributed by atoms with Crippen molar-refractivity contribution in [2.24, 2.45) is 40.4 Å². The molecule has 0 spiro atoms. The number of rotatable bonds is 10. The van der Waals surface area contributed by atoms with Gasteiger partial charge in [-0.3, -0.25) is 9.59 Å². The fraction of sp³-hybridized carbons (Fsp3) is 0.829. The lowest BCUT2D eigenvalue weighted by atomic mass is 9.47. The van der Waals surface area contributed by atoms with Crippen LogP contribution in [-0.2, 0) is 19.1 Å². The molecule has 5 aliphatic rings. The number of ether oxygens (including phenoxy) is 2. The summed E-state index contributed by atoms with van der Waals surface area (Å²) in [6, 6.07) is 0. The molecule has 3 saturated carbocycles. The third-order valence-electron chi connectivity index (χ3n) is 12.1. The molecule has 0 bridgehead atoms. The summed E-state index contributed by atoms with van der Waals surface area (Å²) in [5.74, 6) is 4.51. The van der Waals surface area contributed by atoms with Crippen LogP contribution < -0.4 is 5.32 Å². The van der Waals surface area contributed by atoms with E-state index in [0.29, 0.717) is 29.8 Å². The highest BCUT2D eigenvalue weighted by molar-refractivity contribution is 5.72. The Morgan fingerprint density at radius 1 is 1.18 bits per heavy atom. The summed E-state index contributed by atoms with van der Waals surface area (Å²) in [4.78, 5) is 23.7. The van der Waals surface area contributed by atoms with Crippen LogP contribution in [0, 0.1) is 40.4 Å². The summed E-state index contributed by atoms with van der Waals surface area (Å²) in [7, 11) is 0. The van der Waals surface area contributed by atoms with Gasteiger partial charge < -0.3 is 14.8 Å². The van der Waals surface area contributed by atoms with E-state index in [1.807, 2.05) is 0 Å². The van der Waals surface area contributed by atoms with E-state index in [2.05, 4.69) is 46.0 Å². The molecular weight excluding hydrogens is 498 g/mol. The molecule has 1 N–H and O–H groups in total. The van der Waals surface area contributed by atoms with E-state index in [9.17, 15) is 9.59 Å². The van der Waals surface area contributed by atoms with Gasteiger partial charge in [0, 0.05) is 38.6 Å². The number of hydrogen-bond donors (Lipinski definition) is 1. The van der Waals surface area contributed by atoms with Crippen LogP contribution in [0.25, 0.3) is 0 Å². The van der Waals surface area contributed by atoms with E-state index in [0.717, 1.165) is 75.7 Å². The Morgan fingerprint density at radius 3 is 2.73 bits per heavy atom. The highest BCUT2D eigenvalue weighted by Gasteiger charge is 2.63. The Morgan fingerprint density at radius 2 is 1.98 bits per heavy atom. The molecule has 0 radical (unpaired) electrons. The lowest BCUT2D eigenvalue weighted by molar-refractivity contribution is -0.151. The Kier molecular flexibility index (Phi) is 8.79. The van der Waals surface area contributed by atoms with Crippen LogP contribution in [0.4, 0.5) is 0 Å². The number of hydrogen-bond acceptors (Lipinski definition) is 4. The van der Waals surface area contributed by atoms with Gasteiger partial charge in [0.15, 0.2) is 0 Å². The first-order valence-corrected chi connectivity index (χ1v) is 16.6. The van der Waals surface area contributed by atoms with Crippen molar-refractivity contribution in [1.82, 2.24) is 5.32 Å². The molecule has 0 unspecified atom stereocenters. The van der Waals surface area contributed by atoms with Crippen molar-refractivity contribution < 1.29 is 19.1 Å². The maximum Gasteiger partial charge on any atom is 0.306 e. The second kappa shape index (κ2) is 11.8. The van der Waals surface area contributed by atoms with Crippen LogP contribution in [0.3, 0.4) is 0 Å². The molecule has 4 aliphatic carbocycles. The van der Waals surface area contributed by atoms with E-state index in [-0.39, 0.29) is 23.4 Å². The molecule has 3 fully saturated rings. The first-order chi connectivity index (χ1) is 19.1. The van der Waals surface area contributed by atoms with Gasteiger partial charge in [-0.05, 0) is 98.4 Å². The Labute approximate surface area is 243 Å². The second-order valence-electron chi connectivity index (χ2n) is 14.7. The van der Waals surface area contributed by atoms with Gasteiger partial charge in [-0.15, -0.1) is 0 Å². The summed E-state index contributed by atoms with van der Waals surface area (Å²) in [6.45, 7) is 14.2.